The molecular weight excluding hydrogens is 383 g/mol. The minimum absolute atomic E-state index is 0.0366. The van der Waals surface area contributed by atoms with Gasteiger partial charge in [0, 0.05) is 11.3 Å². The van der Waals surface area contributed by atoms with E-state index >= 15 is 0 Å². The molecule has 0 N–H and O–H groups in total. The Balaban J connectivity index is 2.34. The summed E-state index contributed by atoms with van der Waals surface area (Å²) in [7, 11) is 1.44. The average Bonchev–Trinajstić information content (AvgIpc) is 2.69. The van der Waals surface area contributed by atoms with E-state index in [1.165, 1.54) is 19.2 Å². The highest BCUT2D eigenvalue weighted by Gasteiger charge is 2.37. The van der Waals surface area contributed by atoms with Crippen LogP contribution in [-0.2, 0) is 6.18 Å². The van der Waals surface area contributed by atoms with Crippen LogP contribution in [0.15, 0.2) is 40.2 Å². The normalized spacial score (nSPS) is 18.5. The Kier molecular flexibility index (Phi) is 5.78. The summed E-state index contributed by atoms with van der Waals surface area (Å²) in [5.74, 6) is 0.541. The van der Waals surface area contributed by atoms with Crippen molar-refractivity contribution in [1.29, 1.82) is 5.26 Å². The molecule has 0 aliphatic heterocycles. The van der Waals surface area contributed by atoms with Gasteiger partial charge in [0.1, 0.15) is 17.4 Å². The van der Waals surface area contributed by atoms with Gasteiger partial charge in [-0.25, -0.2) is 0 Å². The molecule has 8 heteroatoms. The van der Waals surface area contributed by atoms with Crippen LogP contribution in [0.4, 0.5) is 13.2 Å². The molecule has 0 bridgehead atoms. The average molecular weight is 403 g/mol. The molecule has 1 saturated carbocycles. The Labute approximate surface area is 166 Å². The number of hydrogen-bond donors (Lipinski definition) is 0. The second-order valence-corrected chi connectivity index (χ2v) is 7.01. The van der Waals surface area contributed by atoms with Crippen LogP contribution in [0.25, 0.3) is 11.3 Å². The molecule has 0 amide bonds. The van der Waals surface area contributed by atoms with Gasteiger partial charge in [-0.1, -0.05) is 25.5 Å². The summed E-state index contributed by atoms with van der Waals surface area (Å²) in [6.45, 7) is 1.98. The van der Waals surface area contributed by atoms with Crippen molar-refractivity contribution in [1.82, 2.24) is 4.68 Å². The first kappa shape index (κ1) is 20.6. The molecule has 1 aliphatic rings. The van der Waals surface area contributed by atoms with E-state index in [4.69, 9.17) is 4.74 Å². The maximum absolute atomic E-state index is 13.5. The fraction of sp³-hybridized carbons (Fsp3) is 0.381. The van der Waals surface area contributed by atoms with Gasteiger partial charge in [0.15, 0.2) is 0 Å². The van der Waals surface area contributed by atoms with Crippen molar-refractivity contribution >= 4 is 5.71 Å². The maximum Gasteiger partial charge on any atom is 0.417 e. The largest absolute Gasteiger partial charge is 0.497 e. The molecule has 1 aliphatic carbocycles. The number of nitriles is 1. The zero-order valence-corrected chi connectivity index (χ0v) is 16.1. The van der Waals surface area contributed by atoms with E-state index in [0.717, 1.165) is 35.7 Å². The summed E-state index contributed by atoms with van der Waals surface area (Å²) in [5, 5.41) is 13.7. The zero-order chi connectivity index (χ0) is 21.2. The molecule has 0 saturated heterocycles. The first-order chi connectivity index (χ1) is 13.8. The second kappa shape index (κ2) is 8.11. The van der Waals surface area contributed by atoms with Crippen molar-refractivity contribution in [3.63, 3.8) is 0 Å². The highest BCUT2D eigenvalue weighted by Crippen LogP contribution is 2.34. The number of pyridine rings is 1. The quantitative estimate of drug-likeness (QED) is 0.737. The number of rotatable bonds is 3. The van der Waals surface area contributed by atoms with Gasteiger partial charge in [0.2, 0.25) is 0 Å². The van der Waals surface area contributed by atoms with Gasteiger partial charge in [-0.3, -0.25) is 4.79 Å². The molecule has 1 atom stereocenters. The minimum atomic E-state index is -4.85. The predicted octanol–water partition coefficient (Wildman–Crippen LogP) is 4.83. The minimum Gasteiger partial charge on any atom is -0.497 e. The predicted molar refractivity (Wildman–Crippen MR) is 103 cm³/mol. The Morgan fingerprint density at radius 2 is 2.03 bits per heavy atom. The first-order valence-electron chi connectivity index (χ1n) is 9.25. The van der Waals surface area contributed by atoms with Crippen molar-refractivity contribution in [3.05, 3.63) is 51.8 Å². The van der Waals surface area contributed by atoms with E-state index in [9.17, 15) is 23.2 Å². The van der Waals surface area contributed by atoms with Crippen molar-refractivity contribution in [2.45, 2.75) is 38.8 Å². The summed E-state index contributed by atoms with van der Waals surface area (Å²) in [4.78, 5) is 12.9. The van der Waals surface area contributed by atoms with Gasteiger partial charge in [-0.2, -0.15) is 28.2 Å². The van der Waals surface area contributed by atoms with E-state index in [1.807, 2.05) is 6.92 Å². The Morgan fingerprint density at radius 3 is 2.66 bits per heavy atom. The summed E-state index contributed by atoms with van der Waals surface area (Å²) in [6.07, 6.45) is -1.35. The zero-order valence-electron chi connectivity index (χ0n) is 16.1. The third kappa shape index (κ3) is 4.19. The topological polar surface area (TPSA) is 67.4 Å². The number of alkyl halides is 3. The number of ether oxygens (including phenoxy) is 1. The van der Waals surface area contributed by atoms with Crippen LogP contribution in [0, 0.1) is 17.2 Å². The monoisotopic (exact) mass is 403 g/mol. The van der Waals surface area contributed by atoms with Crippen LogP contribution in [-0.4, -0.2) is 17.5 Å². The molecular formula is C21H20F3N3O2. The maximum atomic E-state index is 13.5. The lowest BCUT2D eigenvalue weighted by Crippen LogP contribution is -2.28. The van der Waals surface area contributed by atoms with Gasteiger partial charge >= 0.3 is 6.18 Å². The number of benzene rings is 1. The molecule has 152 valence electrons. The van der Waals surface area contributed by atoms with Crippen molar-refractivity contribution in [2.75, 3.05) is 7.11 Å². The number of methoxy groups -OCH3 is 1. The fourth-order valence-electron chi connectivity index (χ4n) is 3.47. The van der Waals surface area contributed by atoms with Crippen molar-refractivity contribution < 1.29 is 17.9 Å². The van der Waals surface area contributed by atoms with Gasteiger partial charge in [-0.05, 0) is 43.4 Å². The summed E-state index contributed by atoms with van der Waals surface area (Å²) in [5.41, 5.74) is -2.26. The van der Waals surface area contributed by atoms with Crippen LogP contribution in [0.5, 0.6) is 5.75 Å². The van der Waals surface area contributed by atoms with Crippen LogP contribution >= 0.6 is 0 Å². The van der Waals surface area contributed by atoms with E-state index < -0.39 is 22.9 Å². The third-order valence-electron chi connectivity index (χ3n) is 5.08. The van der Waals surface area contributed by atoms with E-state index in [0.29, 0.717) is 17.7 Å². The molecule has 3 rings (SSSR count). The highest BCUT2D eigenvalue weighted by atomic mass is 19.4. The molecule has 1 aromatic carbocycles. The number of hydrogen-bond acceptors (Lipinski definition) is 4. The van der Waals surface area contributed by atoms with E-state index in [-0.39, 0.29) is 11.6 Å². The Morgan fingerprint density at radius 1 is 1.28 bits per heavy atom. The molecule has 5 nitrogen and oxygen atoms in total. The molecule has 0 spiro atoms. The summed E-state index contributed by atoms with van der Waals surface area (Å²) in [6, 6.07) is 8.59. The third-order valence-corrected chi connectivity index (χ3v) is 5.08. The lowest BCUT2D eigenvalue weighted by atomic mass is 9.89. The number of aromatic nitrogens is 1. The molecule has 2 aromatic rings. The first-order valence-corrected chi connectivity index (χ1v) is 9.25. The lowest BCUT2D eigenvalue weighted by molar-refractivity contribution is -0.137. The molecule has 1 unspecified atom stereocenters. The number of halogens is 3. The van der Waals surface area contributed by atoms with Crippen LogP contribution in [0.3, 0.4) is 0 Å². The van der Waals surface area contributed by atoms with Crippen LogP contribution < -0.4 is 10.3 Å². The summed E-state index contributed by atoms with van der Waals surface area (Å²) >= 11 is 0. The molecule has 1 aromatic heterocycles. The fourth-order valence-corrected chi connectivity index (χ4v) is 3.47. The van der Waals surface area contributed by atoms with Crippen molar-refractivity contribution in [2.24, 2.45) is 11.0 Å². The molecule has 1 fully saturated rings. The SMILES string of the molecule is COc1cccc(-c2cc(C(F)(F)F)c(C#N)c(=O)n2N=C2CCCCC2C)c1. The summed E-state index contributed by atoms with van der Waals surface area (Å²) < 4.78 is 46.7. The second-order valence-electron chi connectivity index (χ2n) is 7.01. The highest BCUT2D eigenvalue weighted by molar-refractivity contribution is 5.87. The van der Waals surface area contributed by atoms with Crippen molar-refractivity contribution in [3.8, 4) is 23.1 Å². The lowest BCUT2D eigenvalue weighted by Gasteiger charge is -2.21. The van der Waals surface area contributed by atoms with Crippen LogP contribution in [0.2, 0.25) is 0 Å². The van der Waals surface area contributed by atoms with E-state index in [2.05, 4.69) is 5.10 Å². The standard InChI is InChI=1S/C21H20F3N3O2/c1-13-6-3-4-9-18(13)26-27-19(14-7-5-8-15(10-14)29-2)11-17(21(22,23)24)16(12-25)20(27)28/h5,7-8,10-11,13H,3-4,6,9H2,1-2H3. The smallest absolute Gasteiger partial charge is 0.417 e. The molecule has 29 heavy (non-hydrogen) atoms. The Hall–Kier alpha value is -3.08. The molecule has 0 radical (unpaired) electrons. The van der Waals surface area contributed by atoms with Gasteiger partial charge in [0.05, 0.1) is 18.4 Å². The number of nitrogens with zero attached hydrogens (tertiary/aromatic N) is 3. The van der Waals surface area contributed by atoms with E-state index in [1.54, 1.807) is 18.2 Å². The van der Waals surface area contributed by atoms with Gasteiger partial charge in [0.25, 0.3) is 5.56 Å². The van der Waals surface area contributed by atoms with Gasteiger partial charge in [-0.15, -0.1) is 0 Å². The Bertz CT molecular complexity index is 1050. The molecule has 1 heterocycles. The van der Waals surface area contributed by atoms with Crippen LogP contribution in [0.1, 0.15) is 43.7 Å². The van der Waals surface area contributed by atoms with Gasteiger partial charge < -0.3 is 4.74 Å².